The minimum Gasteiger partial charge on any atom is -0.328 e. The number of hydrogen-bond acceptors (Lipinski definition) is 4. The molecule has 1 atom stereocenters. The van der Waals surface area contributed by atoms with Gasteiger partial charge in [-0.1, -0.05) is 29.3 Å². The van der Waals surface area contributed by atoms with Crippen LogP contribution >= 0.6 is 23.2 Å². The molecule has 1 aliphatic rings. The van der Waals surface area contributed by atoms with Gasteiger partial charge in [0.1, 0.15) is 5.54 Å². The first kappa shape index (κ1) is 18.0. The van der Waals surface area contributed by atoms with E-state index in [0.29, 0.717) is 28.6 Å². The van der Waals surface area contributed by atoms with Crippen LogP contribution in [0.1, 0.15) is 18.9 Å². The van der Waals surface area contributed by atoms with E-state index in [2.05, 4.69) is 0 Å². The number of likely N-dealkylation sites (tertiary alicyclic amines) is 1. The van der Waals surface area contributed by atoms with Crippen LogP contribution in [0.15, 0.2) is 18.2 Å². The van der Waals surface area contributed by atoms with Gasteiger partial charge in [-0.2, -0.15) is 0 Å². The van der Waals surface area contributed by atoms with Crippen molar-refractivity contribution in [3.05, 3.63) is 33.8 Å². The van der Waals surface area contributed by atoms with E-state index >= 15 is 0 Å². The van der Waals surface area contributed by atoms with Crippen LogP contribution in [0.2, 0.25) is 10.0 Å². The molecule has 1 saturated heterocycles. The maximum absolute atomic E-state index is 12.4. The molecule has 6 nitrogen and oxygen atoms in total. The average molecular weight is 379 g/mol. The Labute approximate surface area is 144 Å². The van der Waals surface area contributed by atoms with E-state index in [4.69, 9.17) is 23.2 Å². The van der Waals surface area contributed by atoms with Gasteiger partial charge in [0.05, 0.1) is 12.7 Å². The summed E-state index contributed by atoms with van der Waals surface area (Å²) < 4.78 is 24.3. The van der Waals surface area contributed by atoms with E-state index in [1.54, 1.807) is 19.1 Å². The first-order valence-electron chi connectivity index (χ1n) is 6.79. The smallest absolute Gasteiger partial charge is 0.259 e. The predicted molar refractivity (Wildman–Crippen MR) is 87.9 cm³/mol. The fourth-order valence-electron chi connectivity index (χ4n) is 2.40. The molecule has 1 heterocycles. The van der Waals surface area contributed by atoms with Crippen LogP contribution in [-0.2, 0) is 26.0 Å². The number of sulfonamides is 1. The molecular weight excluding hydrogens is 363 g/mol. The van der Waals surface area contributed by atoms with Crippen LogP contribution in [0.4, 0.5) is 0 Å². The Bertz CT molecular complexity index is 766. The van der Waals surface area contributed by atoms with Crippen LogP contribution in [0.3, 0.4) is 0 Å². The molecule has 1 unspecified atom stereocenters. The third kappa shape index (κ3) is 3.97. The first-order chi connectivity index (χ1) is 10.5. The number of amides is 2. The molecule has 0 spiro atoms. The predicted octanol–water partition coefficient (Wildman–Crippen LogP) is 1.60. The summed E-state index contributed by atoms with van der Waals surface area (Å²) in [7, 11) is -3.68. The highest BCUT2D eigenvalue weighted by molar-refractivity contribution is 7.89. The van der Waals surface area contributed by atoms with Gasteiger partial charge in [-0.3, -0.25) is 14.3 Å². The van der Waals surface area contributed by atoms with Crippen molar-refractivity contribution >= 4 is 45.0 Å². The number of benzene rings is 1. The molecule has 2 amide bonds. The molecule has 1 aliphatic heterocycles. The maximum atomic E-state index is 12.4. The number of hydrogen-bond donors (Lipinski definition) is 1. The van der Waals surface area contributed by atoms with Gasteiger partial charge in [-0.25, -0.2) is 8.42 Å². The second kappa shape index (κ2) is 6.30. The summed E-state index contributed by atoms with van der Waals surface area (Å²) in [5, 5.41) is 0.834. The van der Waals surface area contributed by atoms with Gasteiger partial charge in [0.25, 0.3) is 5.91 Å². The van der Waals surface area contributed by atoms with E-state index in [1.807, 2.05) is 4.72 Å². The normalized spacial score (nSPS) is 20.8. The Balaban J connectivity index is 2.12. The minimum atomic E-state index is -3.68. The Morgan fingerprint density at radius 2 is 2.00 bits per heavy atom. The lowest BCUT2D eigenvalue weighted by Gasteiger charge is -2.48. The third-order valence-electron chi connectivity index (χ3n) is 3.84. The molecule has 0 saturated carbocycles. The molecule has 0 aromatic heterocycles. The molecule has 0 radical (unpaired) electrons. The van der Waals surface area contributed by atoms with Gasteiger partial charge < -0.3 is 4.90 Å². The van der Waals surface area contributed by atoms with Gasteiger partial charge in [0, 0.05) is 16.6 Å². The molecule has 1 aromatic rings. The average Bonchev–Trinajstić information content (AvgIpc) is 2.37. The van der Waals surface area contributed by atoms with E-state index in [-0.39, 0.29) is 12.3 Å². The summed E-state index contributed by atoms with van der Waals surface area (Å²) in [4.78, 5) is 25.9. The number of carbonyl (C=O) groups is 2. The van der Waals surface area contributed by atoms with E-state index in [0.717, 1.165) is 6.26 Å². The van der Waals surface area contributed by atoms with Crippen LogP contribution in [-0.4, -0.2) is 43.5 Å². The fourth-order valence-corrected chi connectivity index (χ4v) is 3.43. The number of carbonyl (C=O) groups excluding carboxylic acids is 2. The van der Waals surface area contributed by atoms with Crippen molar-refractivity contribution in [1.82, 2.24) is 9.62 Å². The highest BCUT2D eigenvalue weighted by Gasteiger charge is 2.49. The number of nitrogens with one attached hydrogen (secondary N) is 1. The monoisotopic (exact) mass is 378 g/mol. The molecule has 0 bridgehead atoms. The first-order valence-corrected chi connectivity index (χ1v) is 9.44. The molecule has 2 rings (SSSR count). The maximum Gasteiger partial charge on any atom is 0.259 e. The molecule has 23 heavy (non-hydrogen) atoms. The Morgan fingerprint density at radius 3 is 2.48 bits per heavy atom. The van der Waals surface area contributed by atoms with Gasteiger partial charge in [-0.15, -0.1) is 0 Å². The van der Waals surface area contributed by atoms with E-state index in [1.165, 1.54) is 11.0 Å². The summed E-state index contributed by atoms with van der Waals surface area (Å²) in [6.07, 6.45) is 1.30. The van der Waals surface area contributed by atoms with Crippen molar-refractivity contribution < 1.29 is 18.0 Å². The summed E-state index contributed by atoms with van der Waals surface area (Å²) in [6, 6.07) is 4.81. The van der Waals surface area contributed by atoms with Crippen molar-refractivity contribution in [3.63, 3.8) is 0 Å². The summed E-state index contributed by atoms with van der Waals surface area (Å²) in [6.45, 7) is 1.93. The van der Waals surface area contributed by atoms with Gasteiger partial charge in [-0.05, 0) is 31.0 Å². The zero-order valence-corrected chi connectivity index (χ0v) is 14.9. The summed E-state index contributed by atoms with van der Waals surface area (Å²) in [5.41, 5.74) is -0.571. The summed E-state index contributed by atoms with van der Waals surface area (Å²) >= 11 is 11.9. The lowest BCUT2D eigenvalue weighted by atomic mass is 9.85. The highest BCUT2D eigenvalue weighted by Crippen LogP contribution is 2.32. The number of halogens is 2. The Kier molecular flexibility index (Phi) is 4.94. The standard InChI is InChI=1S/C14H16Cl2N2O4S/c1-14(13(20)17-23(2,21)22)5-6-18(14)12(19)7-9-3-4-10(15)8-11(9)16/h3-4,8H,5-7H2,1-2H3,(H,17,20). The molecule has 1 N–H and O–H groups in total. The SMILES string of the molecule is CC1(C(=O)NS(C)(=O)=O)CCN1C(=O)Cc1ccc(Cl)cc1Cl. The van der Waals surface area contributed by atoms with E-state index in [9.17, 15) is 18.0 Å². The molecule has 1 fully saturated rings. The lowest BCUT2D eigenvalue weighted by Crippen LogP contribution is -2.68. The zero-order chi connectivity index (χ0) is 17.4. The molecule has 0 aliphatic carbocycles. The van der Waals surface area contributed by atoms with Crippen molar-refractivity contribution in [2.45, 2.75) is 25.3 Å². The molecule has 9 heteroatoms. The lowest BCUT2D eigenvalue weighted by molar-refractivity contribution is -0.156. The Morgan fingerprint density at radius 1 is 1.35 bits per heavy atom. The molecule has 1 aromatic carbocycles. The second-order valence-electron chi connectivity index (χ2n) is 5.69. The molecule has 126 valence electrons. The molecular formula is C14H16Cl2N2O4S. The van der Waals surface area contributed by atoms with Crippen LogP contribution < -0.4 is 4.72 Å². The van der Waals surface area contributed by atoms with Crippen molar-refractivity contribution in [2.24, 2.45) is 0 Å². The van der Waals surface area contributed by atoms with Gasteiger partial charge in [0.15, 0.2) is 0 Å². The van der Waals surface area contributed by atoms with Crippen LogP contribution in [0.25, 0.3) is 0 Å². The Hall–Kier alpha value is -1.31. The topological polar surface area (TPSA) is 83.6 Å². The fraction of sp³-hybridized carbons (Fsp3) is 0.429. The largest absolute Gasteiger partial charge is 0.328 e. The van der Waals surface area contributed by atoms with Gasteiger partial charge >= 0.3 is 0 Å². The van der Waals surface area contributed by atoms with Crippen molar-refractivity contribution in [3.8, 4) is 0 Å². The van der Waals surface area contributed by atoms with Crippen molar-refractivity contribution in [2.75, 3.05) is 12.8 Å². The summed E-state index contributed by atoms with van der Waals surface area (Å²) in [5.74, 6) is -1.01. The number of rotatable bonds is 4. The minimum absolute atomic E-state index is 0.0117. The number of nitrogens with zero attached hydrogens (tertiary/aromatic N) is 1. The third-order valence-corrected chi connectivity index (χ3v) is 4.99. The van der Waals surface area contributed by atoms with Crippen molar-refractivity contribution in [1.29, 1.82) is 0 Å². The van der Waals surface area contributed by atoms with Crippen LogP contribution in [0.5, 0.6) is 0 Å². The zero-order valence-electron chi connectivity index (χ0n) is 12.6. The van der Waals surface area contributed by atoms with Crippen LogP contribution in [0, 0.1) is 0 Å². The highest BCUT2D eigenvalue weighted by atomic mass is 35.5. The van der Waals surface area contributed by atoms with E-state index < -0.39 is 21.5 Å². The quantitative estimate of drug-likeness (QED) is 0.862. The second-order valence-corrected chi connectivity index (χ2v) is 8.28. The van der Waals surface area contributed by atoms with Gasteiger partial charge in [0.2, 0.25) is 15.9 Å².